The fourth-order valence-corrected chi connectivity index (χ4v) is 14.0. The molecule has 0 nitrogen and oxygen atoms in total. The Bertz CT molecular complexity index is 356. The van der Waals surface area contributed by atoms with Gasteiger partial charge in [-0.1, -0.05) is 0 Å². The minimum atomic E-state index is -1.74. The van der Waals surface area contributed by atoms with Crippen LogP contribution in [0.25, 0.3) is 0 Å². The first-order valence-electron chi connectivity index (χ1n) is 15.8. The van der Waals surface area contributed by atoms with Crippen LogP contribution in [0.4, 0.5) is 0 Å². The molecule has 0 aliphatic heterocycles. The predicted molar refractivity (Wildman–Crippen MR) is 164 cm³/mol. The Balaban J connectivity index is 4.92. The van der Waals surface area contributed by atoms with Crippen molar-refractivity contribution in [2.75, 3.05) is 24.6 Å². The van der Waals surface area contributed by atoms with Crippen LogP contribution < -0.4 is 0 Å². The van der Waals surface area contributed by atoms with E-state index >= 15 is 0 Å². The van der Waals surface area contributed by atoms with Gasteiger partial charge in [0.2, 0.25) is 0 Å². The van der Waals surface area contributed by atoms with E-state index in [1.165, 1.54) is 148 Å². The van der Waals surface area contributed by atoms with Crippen molar-refractivity contribution in [3.05, 3.63) is 0 Å². The Morgan fingerprint density at radius 1 is 0.303 bits per heavy atom. The monoisotopic (exact) mass is 548 g/mol. The molecular weight excluding hydrogens is 483 g/mol. The summed E-state index contributed by atoms with van der Waals surface area (Å²) >= 11 is 4.73. The molecule has 0 aliphatic carbocycles. The first-order chi connectivity index (χ1) is 16.0. The molecule has 0 fully saturated rings. The Labute approximate surface area is 220 Å². The average molecular weight is 550 g/mol. The Hall–Kier alpha value is 0.910. The van der Waals surface area contributed by atoms with Gasteiger partial charge in [0.25, 0.3) is 0 Å². The first kappa shape index (κ1) is 33.9. The molecule has 0 aromatic carbocycles. The fourth-order valence-electron chi connectivity index (χ4n) is 5.64. The molecule has 0 saturated carbocycles. The molecule has 33 heavy (non-hydrogen) atoms. The second kappa shape index (κ2) is 23.3. The second-order valence-electron chi connectivity index (χ2n) is 11.4. The Kier molecular flexibility index (Phi) is 24.0. The van der Waals surface area contributed by atoms with Gasteiger partial charge in [0.05, 0.1) is 0 Å². The van der Waals surface area contributed by atoms with E-state index in [1.54, 1.807) is 24.6 Å². The normalized spacial score (nSPS) is 13.3. The molecule has 0 heterocycles. The van der Waals surface area contributed by atoms with Crippen LogP contribution in [0.2, 0.25) is 0 Å². The summed E-state index contributed by atoms with van der Waals surface area (Å²) in [5.74, 6) is 0. The van der Waals surface area contributed by atoms with Gasteiger partial charge < -0.3 is 0 Å². The molecule has 0 radical (unpaired) electrons. The van der Waals surface area contributed by atoms with E-state index in [4.69, 9.17) is 15.5 Å². The van der Waals surface area contributed by atoms with E-state index < -0.39 is 5.31 Å². The van der Waals surface area contributed by atoms with Crippen LogP contribution in [0.15, 0.2) is 0 Å². The SMILES string of the molecule is CCCCCCCCCCP(Br)(CCCCCCC)(CCCCCCC)CCCCCCC. The Morgan fingerprint density at radius 2 is 0.485 bits per heavy atom. The summed E-state index contributed by atoms with van der Waals surface area (Å²) < 4.78 is 0. The van der Waals surface area contributed by atoms with Gasteiger partial charge in [0.1, 0.15) is 0 Å². The summed E-state index contributed by atoms with van der Waals surface area (Å²) in [6.45, 7) is 9.37. The predicted octanol–water partition coefficient (Wildman–Crippen LogP) is 12.9. The molecule has 202 valence electrons. The molecule has 0 aliphatic rings. The minimum absolute atomic E-state index is 1.37. The molecule has 0 N–H and O–H groups in total. The van der Waals surface area contributed by atoms with E-state index in [1.807, 2.05) is 0 Å². The van der Waals surface area contributed by atoms with Crippen LogP contribution in [-0.4, -0.2) is 24.6 Å². The van der Waals surface area contributed by atoms with Crippen molar-refractivity contribution in [3.8, 4) is 0 Å². The van der Waals surface area contributed by atoms with Crippen molar-refractivity contribution >= 4 is 20.8 Å². The van der Waals surface area contributed by atoms with Crippen molar-refractivity contribution < 1.29 is 0 Å². The summed E-state index contributed by atoms with van der Waals surface area (Å²) in [5.41, 5.74) is 0. The molecule has 2 heteroatoms. The van der Waals surface area contributed by atoms with E-state index in [-0.39, 0.29) is 0 Å². The van der Waals surface area contributed by atoms with Crippen molar-refractivity contribution in [2.24, 2.45) is 0 Å². The van der Waals surface area contributed by atoms with E-state index in [0.717, 1.165) is 0 Å². The molecule has 0 bridgehead atoms. The Morgan fingerprint density at radius 3 is 0.697 bits per heavy atom. The van der Waals surface area contributed by atoms with Crippen LogP contribution in [-0.2, 0) is 0 Å². The molecular formula is C31H66BrP. The van der Waals surface area contributed by atoms with E-state index in [2.05, 4.69) is 27.7 Å². The molecule has 0 saturated heterocycles. The van der Waals surface area contributed by atoms with Crippen LogP contribution in [0, 0.1) is 0 Å². The van der Waals surface area contributed by atoms with Gasteiger partial charge in [-0.05, 0) is 0 Å². The van der Waals surface area contributed by atoms with E-state index in [9.17, 15) is 0 Å². The van der Waals surface area contributed by atoms with Crippen LogP contribution in [0.5, 0.6) is 0 Å². The van der Waals surface area contributed by atoms with Crippen LogP contribution in [0.1, 0.15) is 175 Å². The number of rotatable bonds is 27. The van der Waals surface area contributed by atoms with Gasteiger partial charge in [0.15, 0.2) is 0 Å². The number of halogens is 1. The summed E-state index contributed by atoms with van der Waals surface area (Å²) in [6, 6.07) is 0. The molecule has 0 unspecified atom stereocenters. The van der Waals surface area contributed by atoms with Gasteiger partial charge in [-0.2, -0.15) is 0 Å². The molecule has 0 aromatic rings. The molecule has 0 aromatic heterocycles. The van der Waals surface area contributed by atoms with Crippen molar-refractivity contribution in [3.63, 3.8) is 0 Å². The first-order valence-corrected chi connectivity index (χ1v) is 20.8. The second-order valence-corrected chi connectivity index (χ2v) is 22.9. The third-order valence-corrected chi connectivity index (χ3v) is 18.0. The zero-order chi connectivity index (χ0) is 24.5. The van der Waals surface area contributed by atoms with E-state index in [0.29, 0.717) is 0 Å². The van der Waals surface area contributed by atoms with Crippen LogP contribution >= 0.6 is 20.8 Å². The van der Waals surface area contributed by atoms with Crippen LogP contribution in [0.3, 0.4) is 0 Å². The molecule has 0 amide bonds. The summed E-state index contributed by atoms with van der Waals surface area (Å²) in [7, 11) is 0. The topological polar surface area (TPSA) is 0 Å². The third kappa shape index (κ3) is 19.7. The maximum absolute atomic E-state index is 4.73. The number of unbranched alkanes of at least 4 members (excludes halogenated alkanes) is 19. The zero-order valence-electron chi connectivity index (χ0n) is 23.9. The third-order valence-electron chi connectivity index (χ3n) is 8.03. The van der Waals surface area contributed by atoms with Crippen molar-refractivity contribution in [2.45, 2.75) is 175 Å². The fraction of sp³-hybridized carbons (Fsp3) is 1.00. The summed E-state index contributed by atoms with van der Waals surface area (Å²) in [5, 5.41) is -1.74. The van der Waals surface area contributed by atoms with Gasteiger partial charge >= 0.3 is 221 Å². The molecule has 0 rings (SSSR count). The number of hydrogen-bond acceptors (Lipinski definition) is 0. The maximum atomic E-state index is 4.73. The molecule has 0 spiro atoms. The van der Waals surface area contributed by atoms with Gasteiger partial charge in [-0.15, -0.1) is 0 Å². The summed E-state index contributed by atoms with van der Waals surface area (Å²) in [4.78, 5) is 0. The van der Waals surface area contributed by atoms with Gasteiger partial charge in [-0.3, -0.25) is 0 Å². The number of hydrogen-bond donors (Lipinski definition) is 0. The molecule has 0 atom stereocenters. The van der Waals surface area contributed by atoms with Crippen molar-refractivity contribution in [1.29, 1.82) is 0 Å². The standard InChI is InChI=1S/C31H66BrP/c1-5-9-13-17-18-19-23-27-31-33(32,28-24-20-14-10-6-2,29-25-21-15-11-7-3)30-26-22-16-12-8-4/h5-31H2,1-4H3. The average Bonchev–Trinajstić information content (AvgIpc) is 2.81. The van der Waals surface area contributed by atoms with Gasteiger partial charge in [0, 0.05) is 0 Å². The quantitative estimate of drug-likeness (QED) is 0.0706. The van der Waals surface area contributed by atoms with Crippen molar-refractivity contribution in [1.82, 2.24) is 0 Å². The summed E-state index contributed by atoms with van der Waals surface area (Å²) in [6.07, 6.45) is 39.5. The van der Waals surface area contributed by atoms with Gasteiger partial charge in [-0.25, -0.2) is 0 Å². The zero-order valence-corrected chi connectivity index (χ0v) is 26.4.